The molecule has 0 aliphatic carbocycles. The van der Waals surface area contributed by atoms with Crippen LogP contribution in [0.15, 0.2) is 24.3 Å². The van der Waals surface area contributed by atoms with Crippen molar-refractivity contribution in [2.24, 2.45) is 11.3 Å². The summed E-state index contributed by atoms with van der Waals surface area (Å²) >= 11 is 0. The maximum absolute atomic E-state index is 12.6. The van der Waals surface area contributed by atoms with E-state index in [1.807, 2.05) is 27.7 Å². The van der Waals surface area contributed by atoms with Crippen LogP contribution in [-0.4, -0.2) is 47.7 Å². The molecule has 0 saturated carbocycles. The van der Waals surface area contributed by atoms with Gasteiger partial charge in [-0.3, -0.25) is 19.2 Å². The zero-order valence-corrected chi connectivity index (χ0v) is 19.2. The molecule has 7 nitrogen and oxygen atoms in total. The van der Waals surface area contributed by atoms with Crippen molar-refractivity contribution in [2.75, 3.05) is 18.4 Å². The number of amides is 2. The number of anilines is 1. The van der Waals surface area contributed by atoms with Gasteiger partial charge in [0.25, 0.3) is 0 Å². The Morgan fingerprint density at radius 3 is 2.19 bits per heavy atom. The molecule has 31 heavy (non-hydrogen) atoms. The number of Topliss-reactive ketones (excluding diaryl/α,β-unsaturated/α-hetero) is 1. The Morgan fingerprint density at radius 2 is 1.68 bits per heavy atom. The van der Waals surface area contributed by atoms with E-state index in [2.05, 4.69) is 5.32 Å². The van der Waals surface area contributed by atoms with Gasteiger partial charge in [0, 0.05) is 36.2 Å². The summed E-state index contributed by atoms with van der Waals surface area (Å²) in [6.45, 7) is 10.2. The number of esters is 1. The summed E-state index contributed by atoms with van der Waals surface area (Å²) in [6.07, 6.45) is 1.37. The Labute approximate surface area is 184 Å². The molecule has 0 radical (unpaired) electrons. The molecule has 1 atom stereocenters. The zero-order chi connectivity index (χ0) is 23.2. The number of ketones is 1. The van der Waals surface area contributed by atoms with Crippen LogP contribution >= 0.6 is 0 Å². The lowest BCUT2D eigenvalue weighted by Gasteiger charge is -2.35. The maximum Gasteiger partial charge on any atom is 0.309 e. The molecule has 1 N–H and O–H groups in total. The molecule has 0 bridgehead atoms. The SMILES string of the molecule is CCCC(=O)Nc1ccc(C(=O)[C@@H](C)OC(=O)C2CCN(C(=O)C(C)(C)C)CC2)cc1. The largest absolute Gasteiger partial charge is 0.454 e. The fraction of sp³-hybridized carbons (Fsp3) is 0.583. The van der Waals surface area contributed by atoms with E-state index in [0.29, 0.717) is 43.6 Å². The number of hydrogen-bond donors (Lipinski definition) is 1. The van der Waals surface area contributed by atoms with Gasteiger partial charge in [0.1, 0.15) is 0 Å². The van der Waals surface area contributed by atoms with E-state index in [9.17, 15) is 19.2 Å². The van der Waals surface area contributed by atoms with E-state index in [-0.39, 0.29) is 23.5 Å². The second-order valence-corrected chi connectivity index (χ2v) is 9.14. The third-order valence-electron chi connectivity index (χ3n) is 5.35. The molecule has 1 heterocycles. The van der Waals surface area contributed by atoms with Gasteiger partial charge in [0.15, 0.2) is 6.10 Å². The van der Waals surface area contributed by atoms with Crippen molar-refractivity contribution in [2.45, 2.75) is 66.4 Å². The fourth-order valence-corrected chi connectivity index (χ4v) is 3.52. The predicted molar refractivity (Wildman–Crippen MR) is 119 cm³/mol. The van der Waals surface area contributed by atoms with Crippen LogP contribution < -0.4 is 5.32 Å². The molecule has 1 aromatic carbocycles. The number of nitrogens with one attached hydrogen (secondary N) is 1. The van der Waals surface area contributed by atoms with Crippen LogP contribution in [0.2, 0.25) is 0 Å². The quantitative estimate of drug-likeness (QED) is 0.524. The Balaban J connectivity index is 1.86. The first-order valence-corrected chi connectivity index (χ1v) is 11.0. The van der Waals surface area contributed by atoms with Crippen molar-refractivity contribution in [1.29, 1.82) is 0 Å². The summed E-state index contributed by atoms with van der Waals surface area (Å²) in [7, 11) is 0. The van der Waals surface area contributed by atoms with Crippen LogP contribution in [-0.2, 0) is 19.1 Å². The summed E-state index contributed by atoms with van der Waals surface area (Å²) in [5, 5.41) is 2.77. The third kappa shape index (κ3) is 6.91. The lowest BCUT2D eigenvalue weighted by Crippen LogP contribution is -2.45. The maximum atomic E-state index is 12.6. The number of hydrogen-bond acceptors (Lipinski definition) is 5. The van der Waals surface area contributed by atoms with Crippen LogP contribution in [0.3, 0.4) is 0 Å². The third-order valence-corrected chi connectivity index (χ3v) is 5.35. The van der Waals surface area contributed by atoms with Gasteiger partial charge in [-0.25, -0.2) is 0 Å². The van der Waals surface area contributed by atoms with E-state index in [0.717, 1.165) is 6.42 Å². The molecule has 2 amide bonds. The van der Waals surface area contributed by atoms with Crippen LogP contribution in [0.5, 0.6) is 0 Å². The molecule has 0 aromatic heterocycles. The molecular formula is C24H34N2O5. The average Bonchev–Trinajstić information content (AvgIpc) is 2.72. The first-order valence-electron chi connectivity index (χ1n) is 11.0. The number of likely N-dealkylation sites (tertiary alicyclic amines) is 1. The number of carbonyl (C=O) groups excluding carboxylic acids is 4. The normalized spacial score (nSPS) is 15.8. The molecule has 1 aliphatic heterocycles. The highest BCUT2D eigenvalue weighted by Crippen LogP contribution is 2.25. The Bertz CT molecular complexity index is 802. The van der Waals surface area contributed by atoms with Crippen molar-refractivity contribution in [1.82, 2.24) is 4.90 Å². The first-order chi connectivity index (χ1) is 14.5. The summed E-state index contributed by atoms with van der Waals surface area (Å²) in [5.74, 6) is -0.987. The minimum absolute atomic E-state index is 0.0703. The predicted octanol–water partition coefficient (Wildman–Crippen LogP) is 3.82. The molecule has 2 rings (SSSR count). The number of carbonyl (C=O) groups is 4. The highest BCUT2D eigenvalue weighted by atomic mass is 16.5. The minimum atomic E-state index is -0.901. The van der Waals surface area contributed by atoms with Gasteiger partial charge in [-0.2, -0.15) is 0 Å². The lowest BCUT2D eigenvalue weighted by molar-refractivity contribution is -0.155. The summed E-state index contributed by atoms with van der Waals surface area (Å²) < 4.78 is 5.43. The summed E-state index contributed by atoms with van der Waals surface area (Å²) in [5.41, 5.74) is 0.596. The number of nitrogens with zero attached hydrogens (tertiary/aromatic N) is 1. The number of rotatable bonds is 7. The van der Waals surface area contributed by atoms with Crippen LogP contribution in [0.1, 0.15) is 70.7 Å². The fourth-order valence-electron chi connectivity index (χ4n) is 3.52. The zero-order valence-electron chi connectivity index (χ0n) is 19.2. The van der Waals surface area contributed by atoms with Gasteiger partial charge in [-0.15, -0.1) is 0 Å². The molecule has 1 fully saturated rings. The number of ether oxygens (including phenoxy) is 1. The molecule has 1 aliphatic rings. The molecule has 0 unspecified atom stereocenters. The highest BCUT2D eigenvalue weighted by Gasteiger charge is 2.34. The smallest absolute Gasteiger partial charge is 0.309 e. The number of benzene rings is 1. The van der Waals surface area contributed by atoms with Crippen LogP contribution in [0.4, 0.5) is 5.69 Å². The van der Waals surface area contributed by atoms with E-state index < -0.39 is 17.5 Å². The molecule has 0 spiro atoms. The van der Waals surface area contributed by atoms with Gasteiger partial charge < -0.3 is 15.0 Å². The number of piperidine rings is 1. The molecule has 1 aromatic rings. The van der Waals surface area contributed by atoms with Crippen molar-refractivity contribution < 1.29 is 23.9 Å². The van der Waals surface area contributed by atoms with E-state index in [1.165, 1.54) is 0 Å². The summed E-state index contributed by atoms with van der Waals surface area (Å²) in [4.78, 5) is 51.0. The Hall–Kier alpha value is -2.70. The Morgan fingerprint density at radius 1 is 1.10 bits per heavy atom. The average molecular weight is 431 g/mol. The van der Waals surface area contributed by atoms with Gasteiger partial charge in [-0.05, 0) is 50.5 Å². The lowest BCUT2D eigenvalue weighted by atomic mass is 9.91. The monoisotopic (exact) mass is 430 g/mol. The highest BCUT2D eigenvalue weighted by molar-refractivity contribution is 6.01. The van der Waals surface area contributed by atoms with Crippen molar-refractivity contribution in [3.8, 4) is 0 Å². The van der Waals surface area contributed by atoms with Gasteiger partial charge in [0.2, 0.25) is 17.6 Å². The molecule has 1 saturated heterocycles. The van der Waals surface area contributed by atoms with Crippen LogP contribution in [0, 0.1) is 11.3 Å². The molecule has 170 valence electrons. The van der Waals surface area contributed by atoms with Gasteiger partial charge in [-0.1, -0.05) is 27.7 Å². The van der Waals surface area contributed by atoms with Crippen molar-refractivity contribution in [3.05, 3.63) is 29.8 Å². The summed E-state index contributed by atoms with van der Waals surface area (Å²) in [6, 6.07) is 6.56. The second kappa shape index (κ2) is 10.6. The van der Waals surface area contributed by atoms with E-state index in [1.54, 1.807) is 36.1 Å². The topological polar surface area (TPSA) is 92.8 Å². The van der Waals surface area contributed by atoms with Gasteiger partial charge in [0.05, 0.1) is 5.92 Å². The first kappa shape index (κ1) is 24.6. The van der Waals surface area contributed by atoms with E-state index >= 15 is 0 Å². The standard InChI is InChI=1S/C24H34N2O5/c1-6-7-20(27)25-19-10-8-17(9-11-19)21(28)16(2)31-22(29)18-12-14-26(15-13-18)23(30)24(3,4)5/h8-11,16,18H,6-7,12-15H2,1-5H3,(H,25,27)/t16-/m1/s1. The van der Waals surface area contributed by atoms with Gasteiger partial charge >= 0.3 is 5.97 Å². The Kier molecular flexibility index (Phi) is 8.36. The van der Waals surface area contributed by atoms with Crippen molar-refractivity contribution >= 4 is 29.3 Å². The minimum Gasteiger partial charge on any atom is -0.454 e. The molecular weight excluding hydrogens is 396 g/mol. The van der Waals surface area contributed by atoms with E-state index in [4.69, 9.17) is 4.74 Å². The molecule has 7 heteroatoms. The van der Waals surface area contributed by atoms with Crippen LogP contribution in [0.25, 0.3) is 0 Å². The van der Waals surface area contributed by atoms with Crippen molar-refractivity contribution in [3.63, 3.8) is 0 Å². The second-order valence-electron chi connectivity index (χ2n) is 9.14.